The van der Waals surface area contributed by atoms with Crippen molar-refractivity contribution in [3.05, 3.63) is 29.8 Å². The third-order valence-corrected chi connectivity index (χ3v) is 2.24. The van der Waals surface area contributed by atoms with E-state index in [1.54, 1.807) is 12.1 Å². The third kappa shape index (κ3) is 3.30. The minimum absolute atomic E-state index is 0.297. The number of hydrazine groups is 1. The van der Waals surface area contributed by atoms with Crippen LogP contribution >= 0.6 is 11.6 Å². The minimum Gasteiger partial charge on any atom is -0.494 e. The molecule has 0 saturated heterocycles. The van der Waals surface area contributed by atoms with Gasteiger partial charge in [-0.2, -0.15) is 8.78 Å². The van der Waals surface area contributed by atoms with Crippen LogP contribution in [0.3, 0.4) is 0 Å². The van der Waals surface area contributed by atoms with Crippen molar-refractivity contribution in [3.63, 3.8) is 0 Å². The molecule has 0 aliphatic carbocycles. The van der Waals surface area contributed by atoms with E-state index in [1.165, 1.54) is 12.1 Å². The summed E-state index contributed by atoms with van der Waals surface area (Å²) in [6.07, 6.45) is 0. The predicted molar refractivity (Wildman–Crippen MR) is 58.5 cm³/mol. The van der Waals surface area contributed by atoms with Crippen molar-refractivity contribution in [2.45, 2.75) is 18.3 Å². The molecule has 0 amide bonds. The maximum atomic E-state index is 12.9. The molecular formula is C10H13ClF2N2O. The summed E-state index contributed by atoms with van der Waals surface area (Å²) in [6, 6.07) is 4.74. The summed E-state index contributed by atoms with van der Waals surface area (Å²) < 4.78 is 31.0. The molecule has 0 aromatic heterocycles. The number of nitrogens with two attached hydrogens (primary N) is 1. The van der Waals surface area contributed by atoms with Gasteiger partial charge < -0.3 is 4.74 Å². The average Bonchev–Trinajstić information content (AvgIpc) is 2.20. The van der Waals surface area contributed by atoms with E-state index in [1.807, 2.05) is 12.3 Å². The van der Waals surface area contributed by atoms with Crippen LogP contribution in [0.15, 0.2) is 24.3 Å². The molecule has 0 bridgehead atoms. The Morgan fingerprint density at radius 1 is 1.44 bits per heavy atom. The maximum absolute atomic E-state index is 12.9. The zero-order valence-corrected chi connectivity index (χ0v) is 9.47. The Labute approximate surface area is 97.5 Å². The molecule has 3 nitrogen and oxygen atoms in total. The maximum Gasteiger partial charge on any atom is 0.342 e. The first-order valence-corrected chi connectivity index (χ1v) is 5.12. The molecule has 0 heterocycles. The van der Waals surface area contributed by atoms with Gasteiger partial charge in [0.1, 0.15) is 11.8 Å². The molecule has 3 N–H and O–H groups in total. The second kappa shape index (κ2) is 5.43. The van der Waals surface area contributed by atoms with Crippen LogP contribution in [0.1, 0.15) is 18.5 Å². The molecule has 0 spiro atoms. The van der Waals surface area contributed by atoms with E-state index in [9.17, 15) is 8.78 Å². The first kappa shape index (κ1) is 13.2. The Kier molecular flexibility index (Phi) is 4.46. The van der Waals surface area contributed by atoms with Crippen molar-refractivity contribution >= 4 is 11.6 Å². The molecule has 16 heavy (non-hydrogen) atoms. The van der Waals surface area contributed by atoms with Crippen LogP contribution in [0.4, 0.5) is 8.78 Å². The van der Waals surface area contributed by atoms with E-state index < -0.39 is 11.4 Å². The molecule has 1 aromatic rings. The van der Waals surface area contributed by atoms with Crippen LogP contribution in [0, 0.1) is 0 Å². The van der Waals surface area contributed by atoms with Gasteiger partial charge in [-0.1, -0.05) is 12.1 Å². The molecule has 0 radical (unpaired) electrons. The van der Waals surface area contributed by atoms with E-state index in [4.69, 9.17) is 22.2 Å². The summed E-state index contributed by atoms with van der Waals surface area (Å²) in [4.78, 5) is 0. The number of alkyl halides is 3. The number of hydrogen-bond acceptors (Lipinski definition) is 3. The Morgan fingerprint density at radius 2 is 2.00 bits per heavy atom. The van der Waals surface area contributed by atoms with E-state index in [2.05, 4.69) is 0 Å². The van der Waals surface area contributed by atoms with Crippen molar-refractivity contribution in [2.24, 2.45) is 5.84 Å². The Hall–Kier alpha value is -0.910. The average molecular weight is 251 g/mol. The monoisotopic (exact) mass is 250 g/mol. The summed E-state index contributed by atoms with van der Waals surface area (Å²) in [7, 11) is 0. The van der Waals surface area contributed by atoms with Gasteiger partial charge in [0, 0.05) is 0 Å². The number of benzene rings is 1. The molecule has 1 aromatic carbocycles. The van der Waals surface area contributed by atoms with Gasteiger partial charge in [0.15, 0.2) is 0 Å². The molecule has 0 aliphatic heterocycles. The number of nitrogens with one attached hydrogen (secondary N) is 1. The SMILES string of the molecule is CCOc1ccc(C(NN)C(F)(F)Cl)cc1. The molecule has 0 saturated carbocycles. The highest BCUT2D eigenvalue weighted by atomic mass is 35.5. The van der Waals surface area contributed by atoms with Gasteiger partial charge in [0.05, 0.1) is 6.61 Å². The second-order valence-electron chi connectivity index (χ2n) is 3.14. The lowest BCUT2D eigenvalue weighted by molar-refractivity contribution is 0.0497. The molecule has 0 fully saturated rings. The minimum atomic E-state index is -3.44. The largest absolute Gasteiger partial charge is 0.494 e. The van der Waals surface area contributed by atoms with Crippen molar-refractivity contribution in [3.8, 4) is 5.75 Å². The highest BCUT2D eigenvalue weighted by Gasteiger charge is 2.37. The first-order chi connectivity index (χ1) is 7.49. The number of hydrogen-bond donors (Lipinski definition) is 2. The topological polar surface area (TPSA) is 47.3 Å². The zero-order valence-electron chi connectivity index (χ0n) is 8.71. The summed E-state index contributed by atoms with van der Waals surface area (Å²) in [5, 5.41) is -3.44. The van der Waals surface area contributed by atoms with Crippen LogP contribution in [-0.4, -0.2) is 12.0 Å². The Morgan fingerprint density at radius 3 is 2.38 bits per heavy atom. The number of halogens is 3. The van der Waals surface area contributed by atoms with Gasteiger partial charge in [-0.3, -0.25) is 5.84 Å². The van der Waals surface area contributed by atoms with Crippen LogP contribution in [0.5, 0.6) is 5.75 Å². The van der Waals surface area contributed by atoms with Gasteiger partial charge in [0.25, 0.3) is 0 Å². The molecule has 1 unspecified atom stereocenters. The van der Waals surface area contributed by atoms with Gasteiger partial charge in [0.2, 0.25) is 0 Å². The summed E-state index contributed by atoms with van der Waals surface area (Å²) in [6.45, 7) is 2.36. The van der Waals surface area contributed by atoms with Gasteiger partial charge >= 0.3 is 5.38 Å². The van der Waals surface area contributed by atoms with E-state index in [0.29, 0.717) is 17.9 Å². The summed E-state index contributed by atoms with van der Waals surface area (Å²) in [5.74, 6) is 5.65. The standard InChI is InChI=1S/C10H13ClF2N2O/c1-2-16-8-5-3-7(4-6-8)9(15-14)10(11,12)13/h3-6,9,15H,2,14H2,1H3. The van der Waals surface area contributed by atoms with Crippen molar-refractivity contribution < 1.29 is 13.5 Å². The van der Waals surface area contributed by atoms with Gasteiger partial charge in [-0.25, -0.2) is 5.43 Å². The highest BCUT2D eigenvalue weighted by molar-refractivity contribution is 6.22. The lowest BCUT2D eigenvalue weighted by atomic mass is 10.1. The van der Waals surface area contributed by atoms with E-state index in [-0.39, 0.29) is 0 Å². The van der Waals surface area contributed by atoms with Crippen LogP contribution in [0.2, 0.25) is 0 Å². The lowest BCUT2D eigenvalue weighted by Gasteiger charge is -2.21. The fraction of sp³-hybridized carbons (Fsp3) is 0.400. The van der Waals surface area contributed by atoms with E-state index >= 15 is 0 Å². The van der Waals surface area contributed by atoms with E-state index in [0.717, 1.165) is 0 Å². The van der Waals surface area contributed by atoms with Crippen LogP contribution < -0.4 is 16.0 Å². The quantitative estimate of drug-likeness (QED) is 0.479. The zero-order chi connectivity index (χ0) is 12.2. The third-order valence-electron chi connectivity index (χ3n) is 2.02. The molecule has 0 aliphatic rings. The normalized spacial score (nSPS) is 13.6. The molecule has 1 rings (SSSR count). The Bertz CT molecular complexity index is 327. The highest BCUT2D eigenvalue weighted by Crippen LogP contribution is 2.34. The second-order valence-corrected chi connectivity index (χ2v) is 3.65. The summed E-state index contributed by atoms with van der Waals surface area (Å²) in [5.41, 5.74) is 2.28. The fourth-order valence-electron chi connectivity index (χ4n) is 1.30. The lowest BCUT2D eigenvalue weighted by Crippen LogP contribution is -2.37. The van der Waals surface area contributed by atoms with Gasteiger partial charge in [-0.05, 0) is 36.2 Å². The van der Waals surface area contributed by atoms with Crippen LogP contribution in [0.25, 0.3) is 0 Å². The number of rotatable bonds is 5. The number of ether oxygens (including phenoxy) is 1. The molecule has 90 valence electrons. The van der Waals surface area contributed by atoms with Gasteiger partial charge in [-0.15, -0.1) is 0 Å². The summed E-state index contributed by atoms with van der Waals surface area (Å²) >= 11 is 4.93. The van der Waals surface area contributed by atoms with Crippen LogP contribution in [-0.2, 0) is 0 Å². The first-order valence-electron chi connectivity index (χ1n) is 4.74. The fourth-order valence-corrected chi connectivity index (χ4v) is 1.49. The Balaban J connectivity index is 2.87. The molecular weight excluding hydrogens is 238 g/mol. The molecule has 1 atom stereocenters. The van der Waals surface area contributed by atoms with Crippen molar-refractivity contribution in [1.82, 2.24) is 5.43 Å². The van der Waals surface area contributed by atoms with Crippen molar-refractivity contribution in [2.75, 3.05) is 6.61 Å². The smallest absolute Gasteiger partial charge is 0.342 e. The van der Waals surface area contributed by atoms with Crippen molar-refractivity contribution in [1.29, 1.82) is 0 Å². The molecule has 6 heteroatoms. The predicted octanol–water partition coefficient (Wildman–Crippen LogP) is 2.42.